The van der Waals surface area contributed by atoms with Crippen LogP contribution in [-0.4, -0.2) is 24.2 Å². The zero-order valence-electron chi connectivity index (χ0n) is 10.1. The van der Waals surface area contributed by atoms with Crippen molar-refractivity contribution in [2.24, 2.45) is 0 Å². The zero-order valence-corrected chi connectivity index (χ0v) is 11.7. The molecule has 3 rings (SSSR count). The average Bonchev–Trinajstić information content (AvgIpc) is 2.92. The van der Waals surface area contributed by atoms with Gasteiger partial charge in [0.25, 0.3) is 0 Å². The van der Waals surface area contributed by atoms with Gasteiger partial charge < -0.3 is 15.2 Å². The summed E-state index contributed by atoms with van der Waals surface area (Å²) in [4.78, 5) is 15.5. The van der Waals surface area contributed by atoms with Crippen LogP contribution in [0.1, 0.15) is 12.0 Å². The number of esters is 1. The number of fused-ring (bicyclic) bond motifs is 3. The highest BCUT2D eigenvalue weighted by atomic mass is 35.5. The zero-order chi connectivity index (χ0) is 13.6. The van der Waals surface area contributed by atoms with Gasteiger partial charge in [-0.25, -0.2) is 4.98 Å². The highest BCUT2D eigenvalue weighted by Gasteiger charge is 2.29. The lowest BCUT2D eigenvalue weighted by Crippen LogP contribution is -2.18. The first-order chi connectivity index (χ1) is 9.08. The minimum Gasteiger partial charge on any atom is -0.489 e. The van der Waals surface area contributed by atoms with Gasteiger partial charge in [0.1, 0.15) is 17.4 Å². The number of nitrogens with zero attached hydrogens (tertiary/aromatic N) is 1. The molecule has 2 aromatic rings. The van der Waals surface area contributed by atoms with E-state index in [4.69, 9.17) is 22.1 Å². The summed E-state index contributed by atoms with van der Waals surface area (Å²) in [6.07, 6.45) is 0.644. The third-order valence-corrected chi connectivity index (χ3v) is 4.28. The summed E-state index contributed by atoms with van der Waals surface area (Å²) in [5, 5.41) is 0.988. The first-order valence-corrected chi connectivity index (χ1v) is 6.88. The van der Waals surface area contributed by atoms with Crippen LogP contribution < -0.4 is 10.5 Å². The van der Waals surface area contributed by atoms with E-state index >= 15 is 0 Å². The summed E-state index contributed by atoms with van der Waals surface area (Å²) in [5.41, 5.74) is 7.44. The number of carbonyl (C=O) groups excluding carboxylic acids is 1. The molecule has 0 saturated heterocycles. The maximum absolute atomic E-state index is 11.3. The van der Waals surface area contributed by atoms with Crippen molar-refractivity contribution in [3.05, 3.63) is 16.7 Å². The first kappa shape index (κ1) is 12.5. The number of rotatable bonds is 2. The van der Waals surface area contributed by atoms with Crippen LogP contribution in [0.4, 0.5) is 5.13 Å². The maximum Gasteiger partial charge on any atom is 0.309 e. The molecule has 1 aromatic carbocycles. The van der Waals surface area contributed by atoms with Crippen molar-refractivity contribution in [3.8, 4) is 5.75 Å². The number of ether oxygens (including phenoxy) is 2. The molecule has 1 atom stereocenters. The molecule has 0 bridgehead atoms. The number of aromatic nitrogens is 1. The molecule has 0 saturated carbocycles. The smallest absolute Gasteiger partial charge is 0.309 e. The van der Waals surface area contributed by atoms with Crippen molar-refractivity contribution in [1.29, 1.82) is 0 Å². The summed E-state index contributed by atoms with van der Waals surface area (Å²) >= 11 is 7.54. The summed E-state index contributed by atoms with van der Waals surface area (Å²) in [5.74, 6) is 0.416. The number of thiazole rings is 1. The molecule has 19 heavy (non-hydrogen) atoms. The SMILES string of the molecule is COC(=O)CC1Cc2c(cc(Cl)c3nc(N)sc23)O1. The van der Waals surface area contributed by atoms with Crippen molar-refractivity contribution in [1.82, 2.24) is 4.98 Å². The number of methoxy groups -OCH3 is 1. The number of hydrogen-bond donors (Lipinski definition) is 1. The molecular formula is C12H11ClN2O3S. The molecule has 1 unspecified atom stereocenters. The van der Waals surface area contributed by atoms with E-state index in [1.807, 2.05) is 0 Å². The fourth-order valence-corrected chi connectivity index (χ4v) is 3.41. The van der Waals surface area contributed by atoms with E-state index in [1.54, 1.807) is 6.07 Å². The monoisotopic (exact) mass is 298 g/mol. The second-order valence-electron chi connectivity index (χ2n) is 4.29. The van der Waals surface area contributed by atoms with E-state index in [2.05, 4.69) is 9.72 Å². The van der Waals surface area contributed by atoms with Gasteiger partial charge in [0, 0.05) is 18.1 Å². The number of anilines is 1. The number of hydrogen-bond acceptors (Lipinski definition) is 6. The van der Waals surface area contributed by atoms with Crippen LogP contribution in [-0.2, 0) is 16.0 Å². The van der Waals surface area contributed by atoms with Crippen molar-refractivity contribution in [3.63, 3.8) is 0 Å². The fourth-order valence-electron chi connectivity index (χ4n) is 2.22. The summed E-state index contributed by atoms with van der Waals surface area (Å²) < 4.78 is 11.3. The van der Waals surface area contributed by atoms with Crippen LogP contribution in [0.15, 0.2) is 6.07 Å². The van der Waals surface area contributed by atoms with Crippen molar-refractivity contribution in [2.45, 2.75) is 18.9 Å². The Hall–Kier alpha value is -1.53. The molecule has 0 spiro atoms. The quantitative estimate of drug-likeness (QED) is 0.862. The molecule has 0 fully saturated rings. The Morgan fingerprint density at radius 2 is 2.53 bits per heavy atom. The predicted molar refractivity (Wildman–Crippen MR) is 73.8 cm³/mol. The van der Waals surface area contributed by atoms with Gasteiger partial charge in [-0.15, -0.1) is 0 Å². The number of benzene rings is 1. The second-order valence-corrected chi connectivity index (χ2v) is 5.73. The van der Waals surface area contributed by atoms with Crippen molar-refractivity contribution >= 4 is 44.3 Å². The van der Waals surface area contributed by atoms with Crippen LogP contribution in [0.5, 0.6) is 5.75 Å². The van der Waals surface area contributed by atoms with Gasteiger partial charge in [0.05, 0.1) is 23.3 Å². The van der Waals surface area contributed by atoms with Crippen LogP contribution in [0.2, 0.25) is 5.02 Å². The molecule has 0 amide bonds. The van der Waals surface area contributed by atoms with Gasteiger partial charge in [-0.2, -0.15) is 0 Å². The Kier molecular flexibility index (Phi) is 2.99. The van der Waals surface area contributed by atoms with Gasteiger partial charge in [-0.05, 0) is 0 Å². The highest BCUT2D eigenvalue weighted by Crippen LogP contribution is 2.42. The topological polar surface area (TPSA) is 74.4 Å². The molecule has 0 aliphatic carbocycles. The number of carbonyl (C=O) groups is 1. The summed E-state index contributed by atoms with van der Waals surface area (Å²) in [6, 6.07) is 1.73. The molecule has 0 radical (unpaired) electrons. The lowest BCUT2D eigenvalue weighted by atomic mass is 10.1. The van der Waals surface area contributed by atoms with E-state index in [0.29, 0.717) is 27.8 Å². The summed E-state index contributed by atoms with van der Waals surface area (Å²) in [7, 11) is 1.36. The average molecular weight is 299 g/mol. The van der Waals surface area contributed by atoms with Crippen LogP contribution in [0.25, 0.3) is 10.2 Å². The molecule has 5 nitrogen and oxygen atoms in total. The van der Waals surface area contributed by atoms with E-state index in [-0.39, 0.29) is 18.5 Å². The molecule has 1 aromatic heterocycles. The van der Waals surface area contributed by atoms with E-state index in [0.717, 1.165) is 10.3 Å². The third kappa shape index (κ3) is 2.11. The first-order valence-electron chi connectivity index (χ1n) is 5.69. The molecule has 1 aliphatic heterocycles. The van der Waals surface area contributed by atoms with Gasteiger partial charge in [-0.3, -0.25) is 4.79 Å². The van der Waals surface area contributed by atoms with Gasteiger partial charge in [0.15, 0.2) is 5.13 Å². The van der Waals surface area contributed by atoms with Gasteiger partial charge in [-0.1, -0.05) is 22.9 Å². The number of nitrogen functional groups attached to an aromatic ring is 1. The van der Waals surface area contributed by atoms with E-state index in [9.17, 15) is 4.79 Å². The second kappa shape index (κ2) is 4.54. The lowest BCUT2D eigenvalue weighted by Gasteiger charge is -2.08. The minimum absolute atomic E-state index is 0.215. The highest BCUT2D eigenvalue weighted by molar-refractivity contribution is 7.22. The molecule has 100 valence electrons. The molecule has 7 heteroatoms. The van der Waals surface area contributed by atoms with E-state index < -0.39 is 0 Å². The molecule has 1 aliphatic rings. The Balaban J connectivity index is 1.98. The van der Waals surface area contributed by atoms with Crippen LogP contribution in [0, 0.1) is 0 Å². The third-order valence-electron chi connectivity index (χ3n) is 3.05. The molecule has 2 N–H and O–H groups in total. The normalized spacial score (nSPS) is 17.3. The van der Waals surface area contributed by atoms with E-state index in [1.165, 1.54) is 18.4 Å². The minimum atomic E-state index is -0.288. The van der Waals surface area contributed by atoms with Crippen LogP contribution in [0.3, 0.4) is 0 Å². The predicted octanol–water partition coefficient (Wildman–Crippen LogP) is 2.40. The summed E-state index contributed by atoms with van der Waals surface area (Å²) in [6.45, 7) is 0. The largest absolute Gasteiger partial charge is 0.489 e. The Labute approximate surface area is 118 Å². The Bertz CT molecular complexity index is 671. The fraction of sp³-hybridized carbons (Fsp3) is 0.333. The lowest BCUT2D eigenvalue weighted by molar-refractivity contribution is -0.142. The molecule has 2 heterocycles. The Morgan fingerprint density at radius 3 is 3.26 bits per heavy atom. The Morgan fingerprint density at radius 1 is 1.74 bits per heavy atom. The van der Waals surface area contributed by atoms with Gasteiger partial charge in [0.2, 0.25) is 0 Å². The van der Waals surface area contributed by atoms with Crippen LogP contribution >= 0.6 is 22.9 Å². The van der Waals surface area contributed by atoms with Crippen molar-refractivity contribution in [2.75, 3.05) is 12.8 Å². The van der Waals surface area contributed by atoms with Gasteiger partial charge >= 0.3 is 5.97 Å². The number of nitrogens with two attached hydrogens (primary N) is 1. The van der Waals surface area contributed by atoms with Crippen molar-refractivity contribution < 1.29 is 14.3 Å². The molecular weight excluding hydrogens is 288 g/mol. The standard InChI is InChI=1S/C12H11ClN2O3S/c1-17-9(16)3-5-2-6-8(18-5)4-7(13)10-11(6)19-12(14)15-10/h4-5H,2-3H2,1H3,(H2,14,15). The maximum atomic E-state index is 11.3. The number of halogens is 1.